The summed E-state index contributed by atoms with van der Waals surface area (Å²) in [7, 11) is 0. The predicted molar refractivity (Wildman–Crippen MR) is 54.8 cm³/mol. The van der Waals surface area contributed by atoms with Gasteiger partial charge in [-0.25, -0.2) is 9.97 Å². The lowest BCUT2D eigenvalue weighted by Gasteiger charge is -1.97. The van der Waals surface area contributed by atoms with Gasteiger partial charge in [0.2, 0.25) is 5.82 Å². The van der Waals surface area contributed by atoms with E-state index in [1.165, 1.54) is 5.56 Å². The Hall–Kier alpha value is -1.73. The number of hydrogen-bond acceptors (Lipinski definition) is 4. The number of aryl methyl sites for hydroxylation is 1. The fraction of sp³-hybridized carbons (Fsp3) is 0.100. The minimum absolute atomic E-state index is 0.218. The third-order valence-corrected chi connectivity index (χ3v) is 2.89. The molecule has 0 saturated carbocycles. The van der Waals surface area contributed by atoms with E-state index in [4.69, 9.17) is 5.26 Å². The van der Waals surface area contributed by atoms with E-state index in [-0.39, 0.29) is 5.82 Å². The lowest BCUT2D eigenvalue weighted by molar-refractivity contribution is 1.12. The lowest BCUT2D eigenvalue weighted by Crippen LogP contribution is -1.90. The molecule has 4 heteroatoms. The van der Waals surface area contributed by atoms with E-state index in [0.29, 0.717) is 0 Å². The van der Waals surface area contributed by atoms with Crippen molar-refractivity contribution in [3.63, 3.8) is 0 Å². The van der Waals surface area contributed by atoms with E-state index in [1.807, 2.05) is 30.5 Å². The second-order valence-electron chi connectivity index (χ2n) is 2.81. The molecule has 0 spiro atoms. The average Bonchev–Trinajstić information content (AvgIpc) is 2.65. The highest BCUT2D eigenvalue weighted by Gasteiger charge is 2.05. The first kappa shape index (κ1) is 8.85. The molecule has 14 heavy (non-hydrogen) atoms. The summed E-state index contributed by atoms with van der Waals surface area (Å²) >= 11 is 1.62. The van der Waals surface area contributed by atoms with Crippen molar-refractivity contribution in [3.8, 4) is 16.6 Å². The molecule has 0 N–H and O–H groups in total. The molecule has 0 saturated heterocycles. The summed E-state index contributed by atoms with van der Waals surface area (Å²) < 4.78 is 0. The van der Waals surface area contributed by atoms with Crippen LogP contribution in [0.1, 0.15) is 11.4 Å². The summed E-state index contributed by atoms with van der Waals surface area (Å²) in [6.07, 6.45) is 1.61. The molecule has 0 aliphatic carbocycles. The molecular weight excluding hydrogens is 194 g/mol. The van der Waals surface area contributed by atoms with Crippen LogP contribution in [0.25, 0.3) is 10.6 Å². The van der Waals surface area contributed by atoms with Crippen molar-refractivity contribution in [3.05, 3.63) is 35.1 Å². The summed E-state index contributed by atoms with van der Waals surface area (Å²) in [4.78, 5) is 9.06. The summed E-state index contributed by atoms with van der Waals surface area (Å²) in [6, 6.07) is 5.79. The van der Waals surface area contributed by atoms with E-state index in [0.717, 1.165) is 10.6 Å². The maximum absolute atomic E-state index is 8.66. The minimum atomic E-state index is 0.218. The van der Waals surface area contributed by atoms with Gasteiger partial charge < -0.3 is 0 Å². The van der Waals surface area contributed by atoms with Crippen molar-refractivity contribution in [2.45, 2.75) is 6.92 Å². The second kappa shape index (κ2) is 3.56. The highest BCUT2D eigenvalue weighted by molar-refractivity contribution is 7.13. The molecule has 2 aromatic rings. The van der Waals surface area contributed by atoms with Crippen LogP contribution in [0.3, 0.4) is 0 Å². The van der Waals surface area contributed by atoms with Crippen LogP contribution in [0, 0.1) is 18.3 Å². The van der Waals surface area contributed by atoms with Gasteiger partial charge in [0.25, 0.3) is 0 Å². The van der Waals surface area contributed by atoms with Gasteiger partial charge in [-0.05, 0) is 30.0 Å². The fourth-order valence-electron chi connectivity index (χ4n) is 1.17. The van der Waals surface area contributed by atoms with Crippen LogP contribution in [0.5, 0.6) is 0 Å². The number of nitrogens with zero attached hydrogens (tertiary/aromatic N) is 3. The highest BCUT2D eigenvalue weighted by atomic mass is 32.1. The lowest BCUT2D eigenvalue weighted by atomic mass is 10.2. The Bertz CT molecular complexity index is 496. The molecule has 0 aliphatic rings. The quantitative estimate of drug-likeness (QED) is 0.711. The van der Waals surface area contributed by atoms with Crippen LogP contribution < -0.4 is 0 Å². The Morgan fingerprint density at radius 2 is 2.29 bits per heavy atom. The first-order valence-electron chi connectivity index (χ1n) is 4.09. The third kappa shape index (κ3) is 1.50. The predicted octanol–water partition coefficient (Wildman–Crippen LogP) is 2.39. The van der Waals surface area contributed by atoms with Crippen molar-refractivity contribution < 1.29 is 0 Å². The molecule has 0 amide bonds. The SMILES string of the molecule is Cc1ccsc1-c1ccnc(C#N)n1. The standard InChI is InChI=1S/C10H7N3S/c1-7-3-5-14-10(7)8-2-4-12-9(6-11)13-8/h2-5H,1H3. The normalized spacial score (nSPS) is 9.71. The average molecular weight is 201 g/mol. The Labute approximate surface area is 85.7 Å². The zero-order valence-corrected chi connectivity index (χ0v) is 8.38. The van der Waals surface area contributed by atoms with Gasteiger partial charge in [0.1, 0.15) is 6.07 Å². The van der Waals surface area contributed by atoms with E-state index in [9.17, 15) is 0 Å². The summed E-state index contributed by atoms with van der Waals surface area (Å²) in [5, 5.41) is 10.7. The van der Waals surface area contributed by atoms with Gasteiger partial charge in [0.15, 0.2) is 0 Å². The van der Waals surface area contributed by atoms with Crippen LogP contribution in [0.15, 0.2) is 23.7 Å². The van der Waals surface area contributed by atoms with Crippen LogP contribution in [-0.2, 0) is 0 Å². The van der Waals surface area contributed by atoms with Crippen LogP contribution in [0.2, 0.25) is 0 Å². The van der Waals surface area contributed by atoms with Crippen molar-refractivity contribution in [2.24, 2.45) is 0 Å². The monoisotopic (exact) mass is 201 g/mol. The van der Waals surface area contributed by atoms with Crippen molar-refractivity contribution >= 4 is 11.3 Å². The molecule has 2 aromatic heterocycles. The molecule has 0 radical (unpaired) electrons. The smallest absolute Gasteiger partial charge is 0.227 e. The maximum atomic E-state index is 8.66. The second-order valence-corrected chi connectivity index (χ2v) is 3.73. The number of aromatic nitrogens is 2. The summed E-state index contributed by atoms with van der Waals surface area (Å²) in [5.41, 5.74) is 2.00. The molecule has 0 atom stereocenters. The van der Waals surface area contributed by atoms with Gasteiger partial charge in [-0.15, -0.1) is 11.3 Å². The first-order chi connectivity index (χ1) is 6.81. The Balaban J connectivity index is 2.53. The van der Waals surface area contributed by atoms with E-state index >= 15 is 0 Å². The zero-order chi connectivity index (χ0) is 9.97. The van der Waals surface area contributed by atoms with Crippen LogP contribution in [0.4, 0.5) is 0 Å². The Morgan fingerprint density at radius 3 is 2.93 bits per heavy atom. The molecule has 0 fully saturated rings. The van der Waals surface area contributed by atoms with Crippen molar-refractivity contribution in [1.82, 2.24) is 9.97 Å². The topological polar surface area (TPSA) is 49.6 Å². The van der Waals surface area contributed by atoms with Gasteiger partial charge in [-0.3, -0.25) is 0 Å². The number of rotatable bonds is 1. The number of nitriles is 1. The third-order valence-electron chi connectivity index (χ3n) is 1.85. The molecule has 0 bridgehead atoms. The van der Waals surface area contributed by atoms with E-state index in [1.54, 1.807) is 17.5 Å². The Morgan fingerprint density at radius 1 is 1.43 bits per heavy atom. The molecule has 0 unspecified atom stereocenters. The van der Waals surface area contributed by atoms with Crippen molar-refractivity contribution in [1.29, 1.82) is 5.26 Å². The van der Waals surface area contributed by atoms with Gasteiger partial charge >= 0.3 is 0 Å². The van der Waals surface area contributed by atoms with Gasteiger partial charge in [-0.2, -0.15) is 5.26 Å². The molecule has 0 aliphatic heterocycles. The van der Waals surface area contributed by atoms with Gasteiger partial charge in [-0.1, -0.05) is 0 Å². The number of hydrogen-bond donors (Lipinski definition) is 0. The maximum Gasteiger partial charge on any atom is 0.232 e. The highest BCUT2D eigenvalue weighted by Crippen LogP contribution is 2.26. The molecule has 68 valence electrons. The fourth-order valence-corrected chi connectivity index (χ4v) is 2.07. The van der Waals surface area contributed by atoms with Gasteiger partial charge in [0, 0.05) is 6.20 Å². The molecule has 3 nitrogen and oxygen atoms in total. The summed E-state index contributed by atoms with van der Waals surface area (Å²) in [6.45, 7) is 2.03. The summed E-state index contributed by atoms with van der Waals surface area (Å²) in [5.74, 6) is 0.218. The van der Waals surface area contributed by atoms with E-state index < -0.39 is 0 Å². The molecule has 2 heterocycles. The molecule has 0 aromatic carbocycles. The largest absolute Gasteiger partial charge is 0.232 e. The zero-order valence-electron chi connectivity index (χ0n) is 7.56. The number of thiophene rings is 1. The first-order valence-corrected chi connectivity index (χ1v) is 4.97. The molecular formula is C10H7N3S. The van der Waals surface area contributed by atoms with E-state index in [2.05, 4.69) is 9.97 Å². The molecule has 2 rings (SSSR count). The minimum Gasteiger partial charge on any atom is -0.227 e. The van der Waals surface area contributed by atoms with Crippen molar-refractivity contribution in [2.75, 3.05) is 0 Å². The Kier molecular flexibility index (Phi) is 2.25. The van der Waals surface area contributed by atoms with Crippen LogP contribution >= 0.6 is 11.3 Å². The van der Waals surface area contributed by atoms with Gasteiger partial charge in [0.05, 0.1) is 10.6 Å². The van der Waals surface area contributed by atoms with Crippen LogP contribution in [-0.4, -0.2) is 9.97 Å².